The number of aliphatic carboxylic acids is 1. The number of benzene rings is 2. The maximum atomic E-state index is 15.0. The number of carboxylic acid groups (broad SMARTS) is 1. The van der Waals surface area contributed by atoms with E-state index in [9.17, 15) is 46.3 Å². The number of carbonyl (C=O) groups excluding carboxylic acids is 2. The number of aryl methyl sites for hydroxylation is 2. The van der Waals surface area contributed by atoms with E-state index in [1.807, 2.05) is 4.72 Å². The molecule has 2 heterocycles. The normalized spacial score (nSPS) is 12.0. The van der Waals surface area contributed by atoms with Crippen LogP contribution in [0.1, 0.15) is 35.3 Å². The molecule has 4 aromatic rings. The molecule has 0 fully saturated rings. The molecule has 0 aliphatic rings. The molecular weight excluding hydrogens is 654 g/mol. The Morgan fingerprint density at radius 1 is 1.00 bits per heavy atom. The Bertz CT molecular complexity index is 2100. The monoisotopic (exact) mass is 684 g/mol. The summed E-state index contributed by atoms with van der Waals surface area (Å²) in [5, 5.41) is 14.4. The Balaban J connectivity index is 1.48. The van der Waals surface area contributed by atoms with Gasteiger partial charge in [-0.05, 0) is 48.9 Å². The van der Waals surface area contributed by atoms with Gasteiger partial charge in [0.15, 0.2) is 0 Å². The van der Waals surface area contributed by atoms with Gasteiger partial charge < -0.3 is 20.3 Å². The fourth-order valence-corrected chi connectivity index (χ4v) is 5.43. The molecule has 2 aromatic carbocycles. The molecule has 0 saturated carbocycles. The largest absolute Gasteiger partial charge is 0.480 e. The fraction of sp³-hybridized carbons (Fsp3) is 0.226. The molecule has 14 nitrogen and oxygen atoms in total. The maximum absolute atomic E-state index is 15.0. The molecule has 0 saturated heterocycles. The molecule has 0 radical (unpaired) electrons. The molecule has 2 amide bonds. The lowest BCUT2D eigenvalue weighted by atomic mass is 10.1. The van der Waals surface area contributed by atoms with Crippen LogP contribution in [0.15, 0.2) is 75.4 Å². The zero-order valence-electron chi connectivity index (χ0n) is 25.9. The van der Waals surface area contributed by atoms with Gasteiger partial charge in [-0.1, -0.05) is 19.9 Å². The van der Waals surface area contributed by atoms with Gasteiger partial charge in [-0.25, -0.2) is 36.3 Å². The molecule has 252 valence electrons. The summed E-state index contributed by atoms with van der Waals surface area (Å²) in [4.78, 5) is 65.3. The maximum Gasteiger partial charge on any atom is 0.336 e. The molecule has 4 rings (SSSR count). The van der Waals surface area contributed by atoms with Gasteiger partial charge in [0.25, 0.3) is 21.5 Å². The van der Waals surface area contributed by atoms with E-state index in [0.717, 1.165) is 16.7 Å². The molecule has 1 atom stereocenters. The van der Waals surface area contributed by atoms with E-state index >= 15 is 0 Å². The lowest BCUT2D eigenvalue weighted by molar-refractivity contribution is -0.139. The van der Waals surface area contributed by atoms with Crippen LogP contribution in [0.25, 0.3) is 5.82 Å². The van der Waals surface area contributed by atoms with E-state index in [1.54, 1.807) is 13.8 Å². The second-order valence-electron chi connectivity index (χ2n) is 11.0. The van der Waals surface area contributed by atoms with Crippen LogP contribution < -0.4 is 26.6 Å². The number of carbonyl (C=O) groups is 3. The van der Waals surface area contributed by atoms with Gasteiger partial charge in [-0.3, -0.25) is 19.1 Å². The minimum absolute atomic E-state index is 0.0237. The van der Waals surface area contributed by atoms with Gasteiger partial charge >= 0.3 is 11.7 Å². The molecule has 0 bridgehead atoms. The molecule has 17 heteroatoms. The van der Waals surface area contributed by atoms with Crippen molar-refractivity contribution in [2.45, 2.75) is 38.1 Å². The zero-order valence-corrected chi connectivity index (χ0v) is 26.8. The number of carboxylic acids is 1. The van der Waals surface area contributed by atoms with Gasteiger partial charge in [0.2, 0.25) is 5.91 Å². The quantitative estimate of drug-likeness (QED) is 0.183. The highest BCUT2D eigenvalue weighted by Gasteiger charge is 2.26. The molecule has 4 N–H and O–H groups in total. The Hall–Kier alpha value is -5.71. The standard InChI is InChI=1S/C31H30F2N6O8S/c1-16(2)27(40)35-19-6-8-20(9-7-19)48(46,47)37-24-13-22(32)21(12-23(24)33)28(41)36-25(30(43)44)11-18-5-10-26(34-14-18)39-29(42)17(3)15-38(4)31(39)45/h5-10,12-16,25,37H,11H2,1-4H3,(H,35,40)(H,36,41)(H,43,44)/t25-/m0/s1. The van der Waals surface area contributed by atoms with Crippen LogP contribution in [0.3, 0.4) is 0 Å². The van der Waals surface area contributed by atoms with E-state index in [-0.39, 0.29) is 40.1 Å². The molecule has 0 aliphatic heterocycles. The van der Waals surface area contributed by atoms with Crippen molar-refractivity contribution in [2.75, 3.05) is 10.0 Å². The predicted molar refractivity (Wildman–Crippen MR) is 169 cm³/mol. The van der Waals surface area contributed by atoms with Gasteiger partial charge in [0.05, 0.1) is 16.1 Å². The second-order valence-corrected chi connectivity index (χ2v) is 12.7. The van der Waals surface area contributed by atoms with Crippen molar-refractivity contribution < 1.29 is 36.7 Å². The number of nitrogens with zero attached hydrogens (tertiary/aromatic N) is 3. The minimum Gasteiger partial charge on any atom is -0.480 e. The Morgan fingerprint density at radius 3 is 2.25 bits per heavy atom. The molecule has 0 aliphatic carbocycles. The number of sulfonamides is 1. The van der Waals surface area contributed by atoms with Crippen LogP contribution in [0, 0.1) is 24.5 Å². The molecular formula is C31H30F2N6O8S. The van der Waals surface area contributed by atoms with Crippen LogP contribution in [0.5, 0.6) is 0 Å². The summed E-state index contributed by atoms with van der Waals surface area (Å²) >= 11 is 0. The third-order valence-electron chi connectivity index (χ3n) is 7.00. The number of hydrogen-bond donors (Lipinski definition) is 4. The SMILES string of the molecule is Cc1cn(C)c(=O)n(-c2ccc(C[C@H](NC(=O)c3cc(F)c(NS(=O)(=O)c4ccc(NC(=O)C(C)C)cc4)cc3F)C(=O)O)cn2)c1=O. The van der Waals surface area contributed by atoms with Crippen LogP contribution in [-0.2, 0) is 33.1 Å². The molecule has 0 unspecified atom stereocenters. The van der Waals surface area contributed by atoms with E-state index in [1.165, 1.54) is 55.2 Å². The van der Waals surface area contributed by atoms with Crippen molar-refractivity contribution in [2.24, 2.45) is 13.0 Å². The summed E-state index contributed by atoms with van der Waals surface area (Å²) in [5.74, 6) is -6.13. The molecule has 0 spiro atoms. The van der Waals surface area contributed by atoms with E-state index in [4.69, 9.17) is 0 Å². The summed E-state index contributed by atoms with van der Waals surface area (Å²) < 4.78 is 59.5. The Kier molecular flexibility index (Phi) is 10.2. The number of halogens is 2. The van der Waals surface area contributed by atoms with E-state index in [2.05, 4.69) is 15.6 Å². The highest BCUT2D eigenvalue weighted by molar-refractivity contribution is 7.92. The third kappa shape index (κ3) is 7.80. The van der Waals surface area contributed by atoms with Crippen LogP contribution in [-0.4, -0.2) is 51.5 Å². The highest BCUT2D eigenvalue weighted by Crippen LogP contribution is 2.24. The third-order valence-corrected chi connectivity index (χ3v) is 8.39. The number of rotatable bonds is 11. The van der Waals surface area contributed by atoms with Gasteiger partial charge in [0, 0.05) is 49.1 Å². The average Bonchev–Trinajstić information content (AvgIpc) is 3.02. The number of anilines is 2. The van der Waals surface area contributed by atoms with Crippen molar-refractivity contribution in [1.29, 1.82) is 0 Å². The number of pyridine rings is 1. The first-order chi connectivity index (χ1) is 22.5. The predicted octanol–water partition coefficient (Wildman–Crippen LogP) is 2.34. The summed E-state index contributed by atoms with van der Waals surface area (Å²) in [6.45, 7) is 4.87. The van der Waals surface area contributed by atoms with E-state index < -0.39 is 62.1 Å². The van der Waals surface area contributed by atoms with Crippen LogP contribution in [0.2, 0.25) is 0 Å². The number of aromatic nitrogens is 3. The number of nitrogens with one attached hydrogen (secondary N) is 3. The number of hydrogen-bond acceptors (Lipinski definition) is 8. The van der Waals surface area contributed by atoms with Crippen molar-refractivity contribution in [3.8, 4) is 5.82 Å². The first-order valence-electron chi connectivity index (χ1n) is 14.2. The Morgan fingerprint density at radius 2 is 1.67 bits per heavy atom. The fourth-order valence-electron chi connectivity index (χ4n) is 4.37. The summed E-state index contributed by atoms with van der Waals surface area (Å²) in [6.07, 6.45) is 2.20. The Labute approximate surface area is 272 Å². The summed E-state index contributed by atoms with van der Waals surface area (Å²) in [5.41, 5.74) is -2.10. The lowest BCUT2D eigenvalue weighted by Crippen LogP contribution is -2.42. The molecule has 48 heavy (non-hydrogen) atoms. The van der Waals surface area contributed by atoms with Gasteiger partial charge in [-0.2, -0.15) is 0 Å². The van der Waals surface area contributed by atoms with Crippen LogP contribution >= 0.6 is 0 Å². The number of amides is 2. The smallest absolute Gasteiger partial charge is 0.336 e. The van der Waals surface area contributed by atoms with Crippen molar-refractivity contribution >= 4 is 39.2 Å². The average molecular weight is 685 g/mol. The first-order valence-corrected chi connectivity index (χ1v) is 15.7. The van der Waals surface area contributed by atoms with Crippen molar-refractivity contribution in [3.05, 3.63) is 110 Å². The van der Waals surface area contributed by atoms with Crippen LogP contribution in [0.4, 0.5) is 20.2 Å². The van der Waals surface area contributed by atoms with E-state index in [0.29, 0.717) is 17.8 Å². The first kappa shape index (κ1) is 35.1. The van der Waals surface area contributed by atoms with Crippen molar-refractivity contribution in [3.63, 3.8) is 0 Å². The second kappa shape index (κ2) is 14.0. The minimum atomic E-state index is -4.43. The summed E-state index contributed by atoms with van der Waals surface area (Å²) in [7, 11) is -2.98. The topological polar surface area (TPSA) is 199 Å². The summed E-state index contributed by atoms with van der Waals surface area (Å²) in [6, 6.07) is 6.83. The molecule has 2 aromatic heterocycles. The lowest BCUT2D eigenvalue weighted by Gasteiger charge is -2.16. The zero-order chi connectivity index (χ0) is 35.5. The highest BCUT2D eigenvalue weighted by atomic mass is 32.2. The van der Waals surface area contributed by atoms with Gasteiger partial charge in [-0.15, -0.1) is 0 Å². The van der Waals surface area contributed by atoms with Crippen molar-refractivity contribution in [1.82, 2.24) is 19.4 Å². The van der Waals surface area contributed by atoms with Gasteiger partial charge in [0.1, 0.15) is 23.5 Å².